The Labute approximate surface area is 198 Å². The molecule has 9 nitrogen and oxygen atoms in total. The highest BCUT2D eigenvalue weighted by Gasteiger charge is 2.32. The van der Waals surface area contributed by atoms with E-state index in [1.54, 1.807) is 46.9 Å². The normalized spacial score (nSPS) is 18.2. The fourth-order valence-electron chi connectivity index (χ4n) is 4.63. The first-order valence-electron chi connectivity index (χ1n) is 11.8. The number of ether oxygens (including phenoxy) is 1. The summed E-state index contributed by atoms with van der Waals surface area (Å²) in [7, 11) is 3.35. The van der Waals surface area contributed by atoms with Crippen LogP contribution in [-0.2, 0) is 7.05 Å². The van der Waals surface area contributed by atoms with Gasteiger partial charge in [0.05, 0.1) is 12.6 Å². The van der Waals surface area contributed by atoms with E-state index >= 15 is 0 Å². The molecule has 34 heavy (non-hydrogen) atoms. The van der Waals surface area contributed by atoms with Crippen LogP contribution in [0.15, 0.2) is 36.5 Å². The molecule has 1 saturated carbocycles. The summed E-state index contributed by atoms with van der Waals surface area (Å²) in [6.07, 6.45) is 5.71. The SMILES string of the molecule is COc1cc(C(=O)N2CCC[C@@H](N)C2)cc2nc(C(=O)N(CC3CC3)c3ccccn3)n(C)c12. The number of likely N-dealkylation sites (tertiary alicyclic amines) is 1. The molecule has 2 N–H and O–H groups in total. The molecule has 3 heterocycles. The van der Waals surface area contributed by atoms with Crippen LogP contribution in [0, 0.1) is 5.92 Å². The van der Waals surface area contributed by atoms with Crippen molar-refractivity contribution in [1.29, 1.82) is 0 Å². The van der Waals surface area contributed by atoms with E-state index < -0.39 is 0 Å². The van der Waals surface area contributed by atoms with Crippen LogP contribution in [-0.4, -0.2) is 64.0 Å². The molecular formula is C25H30N6O3. The van der Waals surface area contributed by atoms with Gasteiger partial charge in [-0.1, -0.05) is 6.07 Å². The molecule has 0 spiro atoms. The van der Waals surface area contributed by atoms with E-state index in [0.29, 0.717) is 53.7 Å². The Hall–Kier alpha value is -3.46. The Morgan fingerprint density at radius 3 is 2.74 bits per heavy atom. The van der Waals surface area contributed by atoms with Gasteiger partial charge in [0.25, 0.3) is 11.8 Å². The number of benzene rings is 1. The van der Waals surface area contributed by atoms with E-state index in [0.717, 1.165) is 25.7 Å². The number of nitrogens with two attached hydrogens (primary N) is 1. The monoisotopic (exact) mass is 462 g/mol. The van der Waals surface area contributed by atoms with Crippen molar-refractivity contribution < 1.29 is 14.3 Å². The molecule has 9 heteroatoms. The Balaban J connectivity index is 1.52. The highest BCUT2D eigenvalue weighted by molar-refractivity contribution is 6.06. The molecule has 0 radical (unpaired) electrons. The number of carbonyl (C=O) groups excluding carboxylic acids is 2. The van der Waals surface area contributed by atoms with Gasteiger partial charge in [0.1, 0.15) is 17.1 Å². The second kappa shape index (κ2) is 9.06. The number of carbonyl (C=O) groups is 2. The Morgan fingerprint density at radius 2 is 2.06 bits per heavy atom. The van der Waals surface area contributed by atoms with Gasteiger partial charge >= 0.3 is 0 Å². The van der Waals surface area contributed by atoms with E-state index in [1.807, 2.05) is 18.2 Å². The zero-order chi connectivity index (χ0) is 23.8. The van der Waals surface area contributed by atoms with Crippen molar-refractivity contribution in [2.75, 3.05) is 31.6 Å². The number of hydrogen-bond acceptors (Lipinski definition) is 6. The molecule has 1 aromatic carbocycles. The molecule has 0 unspecified atom stereocenters. The van der Waals surface area contributed by atoms with Crippen LogP contribution in [0.1, 0.15) is 46.7 Å². The molecule has 2 aromatic heterocycles. The number of amides is 2. The minimum absolute atomic E-state index is 0.00792. The third kappa shape index (κ3) is 4.23. The van der Waals surface area contributed by atoms with Gasteiger partial charge in [-0.2, -0.15) is 0 Å². The molecule has 1 saturated heterocycles. The lowest BCUT2D eigenvalue weighted by Crippen LogP contribution is -2.45. The van der Waals surface area contributed by atoms with Crippen LogP contribution in [0.3, 0.4) is 0 Å². The molecule has 3 aromatic rings. The number of nitrogens with zero attached hydrogens (tertiary/aromatic N) is 5. The summed E-state index contributed by atoms with van der Waals surface area (Å²) in [6.45, 7) is 1.82. The van der Waals surface area contributed by atoms with Crippen molar-refractivity contribution in [1.82, 2.24) is 19.4 Å². The van der Waals surface area contributed by atoms with Gasteiger partial charge in [0.15, 0.2) is 0 Å². The van der Waals surface area contributed by atoms with E-state index in [1.165, 1.54) is 0 Å². The molecule has 2 amide bonds. The van der Waals surface area contributed by atoms with E-state index in [-0.39, 0.29) is 23.7 Å². The first-order chi connectivity index (χ1) is 16.5. The highest BCUT2D eigenvalue weighted by atomic mass is 16.5. The predicted octanol–water partition coefficient (Wildman–Crippen LogP) is 2.60. The third-order valence-electron chi connectivity index (χ3n) is 6.65. The molecule has 178 valence electrons. The van der Waals surface area contributed by atoms with Gasteiger partial charge in [-0.3, -0.25) is 14.5 Å². The average Bonchev–Trinajstić information content (AvgIpc) is 3.62. The van der Waals surface area contributed by atoms with Crippen molar-refractivity contribution in [2.24, 2.45) is 18.7 Å². The van der Waals surface area contributed by atoms with Gasteiger partial charge < -0.3 is 19.9 Å². The summed E-state index contributed by atoms with van der Waals surface area (Å²) in [6, 6.07) is 9.00. The lowest BCUT2D eigenvalue weighted by molar-refractivity contribution is 0.0708. The van der Waals surface area contributed by atoms with Gasteiger partial charge in [-0.05, 0) is 55.9 Å². The quantitative estimate of drug-likeness (QED) is 0.604. The van der Waals surface area contributed by atoms with E-state index in [4.69, 9.17) is 10.5 Å². The van der Waals surface area contributed by atoms with Crippen molar-refractivity contribution in [3.8, 4) is 5.75 Å². The Kier molecular flexibility index (Phi) is 5.95. The summed E-state index contributed by atoms with van der Waals surface area (Å²) in [4.78, 5) is 39.4. The number of methoxy groups -OCH3 is 1. The molecule has 1 aliphatic carbocycles. The maximum absolute atomic E-state index is 13.7. The van der Waals surface area contributed by atoms with Crippen LogP contribution in [0.4, 0.5) is 5.82 Å². The highest BCUT2D eigenvalue weighted by Crippen LogP contribution is 2.33. The maximum Gasteiger partial charge on any atom is 0.295 e. The fraction of sp³-hybridized carbons (Fsp3) is 0.440. The number of hydrogen-bond donors (Lipinski definition) is 1. The summed E-state index contributed by atoms with van der Waals surface area (Å²) in [5.41, 5.74) is 7.77. The van der Waals surface area contributed by atoms with Crippen LogP contribution in [0.2, 0.25) is 0 Å². The Morgan fingerprint density at radius 1 is 1.24 bits per heavy atom. The number of anilines is 1. The zero-order valence-electron chi connectivity index (χ0n) is 19.6. The van der Waals surface area contributed by atoms with Crippen LogP contribution in [0.5, 0.6) is 5.75 Å². The largest absolute Gasteiger partial charge is 0.494 e. The van der Waals surface area contributed by atoms with Gasteiger partial charge in [0.2, 0.25) is 5.82 Å². The molecule has 0 bridgehead atoms. The lowest BCUT2D eigenvalue weighted by atomic mass is 10.0. The van der Waals surface area contributed by atoms with Gasteiger partial charge in [0, 0.05) is 44.5 Å². The van der Waals surface area contributed by atoms with Crippen molar-refractivity contribution >= 4 is 28.7 Å². The third-order valence-corrected chi connectivity index (χ3v) is 6.65. The number of pyridine rings is 1. The molecule has 2 fully saturated rings. The summed E-state index contributed by atoms with van der Waals surface area (Å²) in [5, 5.41) is 0. The topological polar surface area (TPSA) is 107 Å². The minimum atomic E-state index is -0.221. The van der Waals surface area contributed by atoms with Crippen LogP contribution in [0.25, 0.3) is 11.0 Å². The van der Waals surface area contributed by atoms with Crippen molar-refractivity contribution in [2.45, 2.75) is 31.7 Å². The fourth-order valence-corrected chi connectivity index (χ4v) is 4.63. The first kappa shape index (κ1) is 22.3. The molecule has 1 aliphatic heterocycles. The summed E-state index contributed by atoms with van der Waals surface area (Å²) in [5.74, 6) is 1.55. The minimum Gasteiger partial charge on any atom is -0.494 e. The van der Waals surface area contributed by atoms with Crippen molar-refractivity contribution in [3.05, 3.63) is 47.9 Å². The second-order valence-electron chi connectivity index (χ2n) is 9.24. The standard InChI is InChI=1S/C25H30N6O3/c1-29-22-19(12-17(13-20(22)34-2)24(32)30-11-5-6-18(26)15-30)28-23(29)25(33)31(14-16-8-9-16)21-7-3-4-10-27-21/h3-4,7,10,12-13,16,18H,5-6,8-9,11,14-15,26H2,1-2H3/t18-/m1/s1. The molecule has 1 atom stereocenters. The molecular weight excluding hydrogens is 432 g/mol. The lowest BCUT2D eigenvalue weighted by Gasteiger charge is -2.30. The predicted molar refractivity (Wildman–Crippen MR) is 129 cm³/mol. The van der Waals surface area contributed by atoms with E-state index in [9.17, 15) is 9.59 Å². The summed E-state index contributed by atoms with van der Waals surface area (Å²) < 4.78 is 7.37. The van der Waals surface area contributed by atoms with Gasteiger partial charge in [-0.15, -0.1) is 0 Å². The van der Waals surface area contributed by atoms with Crippen LogP contribution >= 0.6 is 0 Å². The number of rotatable bonds is 6. The zero-order valence-corrected chi connectivity index (χ0v) is 19.6. The first-order valence-corrected chi connectivity index (χ1v) is 11.8. The van der Waals surface area contributed by atoms with Crippen LogP contribution < -0.4 is 15.4 Å². The second-order valence-corrected chi connectivity index (χ2v) is 9.24. The number of fused-ring (bicyclic) bond motifs is 1. The smallest absolute Gasteiger partial charge is 0.295 e. The molecule has 5 rings (SSSR count). The van der Waals surface area contributed by atoms with Crippen molar-refractivity contribution in [3.63, 3.8) is 0 Å². The van der Waals surface area contributed by atoms with Gasteiger partial charge in [-0.25, -0.2) is 9.97 Å². The number of imidazole rings is 1. The maximum atomic E-state index is 13.7. The Bertz CT molecular complexity index is 1220. The average molecular weight is 463 g/mol. The number of aryl methyl sites for hydroxylation is 1. The van der Waals surface area contributed by atoms with E-state index in [2.05, 4.69) is 9.97 Å². The number of piperidine rings is 1. The summed E-state index contributed by atoms with van der Waals surface area (Å²) >= 11 is 0. The number of aromatic nitrogens is 3. The molecule has 2 aliphatic rings.